The number of aliphatic hydroxyl groups is 1. The number of carboxylic acids is 1. The number of anilines is 1. The van der Waals surface area contributed by atoms with Crippen LogP contribution in [-0.2, 0) is 4.79 Å². The third kappa shape index (κ3) is 2.95. The Bertz CT molecular complexity index is 475. The average molecular weight is 234 g/mol. The van der Waals surface area contributed by atoms with Crippen LogP contribution in [0.3, 0.4) is 0 Å². The summed E-state index contributed by atoms with van der Waals surface area (Å²) in [5.74, 6) is -1.31. The van der Waals surface area contributed by atoms with Crippen LogP contribution < -0.4 is 5.32 Å². The van der Waals surface area contributed by atoms with Gasteiger partial charge in [0.2, 0.25) is 0 Å². The summed E-state index contributed by atoms with van der Waals surface area (Å²) in [4.78, 5) is 10.7. The quantitative estimate of drug-likeness (QED) is 0.725. The molecule has 0 aliphatic heterocycles. The van der Waals surface area contributed by atoms with Crippen LogP contribution >= 0.6 is 0 Å². The Kier molecular flexibility index (Phi) is 3.71. The van der Waals surface area contributed by atoms with Crippen molar-refractivity contribution in [3.05, 3.63) is 29.3 Å². The summed E-state index contributed by atoms with van der Waals surface area (Å²) >= 11 is 0. The number of benzene rings is 1. The number of carboxylic acid groups (broad SMARTS) is 1. The van der Waals surface area contributed by atoms with E-state index >= 15 is 0 Å². The third-order valence-electron chi connectivity index (χ3n) is 2.47. The molecule has 1 rings (SSSR count). The topological polar surface area (TPSA) is 93.3 Å². The molecular formula is C12H14N2O3. The van der Waals surface area contributed by atoms with Crippen molar-refractivity contribution < 1.29 is 15.0 Å². The second-order valence-corrected chi connectivity index (χ2v) is 4.04. The molecule has 0 aromatic heterocycles. The number of rotatable bonds is 4. The van der Waals surface area contributed by atoms with Crippen molar-refractivity contribution in [1.82, 2.24) is 0 Å². The summed E-state index contributed by atoms with van der Waals surface area (Å²) in [5.41, 5.74) is -0.0913. The lowest BCUT2D eigenvalue weighted by molar-refractivity contribution is -0.155. The maximum atomic E-state index is 10.7. The molecule has 0 amide bonds. The van der Waals surface area contributed by atoms with E-state index in [1.54, 1.807) is 25.1 Å². The van der Waals surface area contributed by atoms with Crippen LogP contribution in [-0.4, -0.2) is 28.3 Å². The molecule has 5 nitrogen and oxygen atoms in total. The summed E-state index contributed by atoms with van der Waals surface area (Å²) in [6.07, 6.45) is 0. The molecule has 1 unspecified atom stereocenters. The van der Waals surface area contributed by atoms with E-state index in [1.165, 1.54) is 6.92 Å². The summed E-state index contributed by atoms with van der Waals surface area (Å²) in [6, 6.07) is 7.26. The van der Waals surface area contributed by atoms with Gasteiger partial charge in [0, 0.05) is 0 Å². The fourth-order valence-corrected chi connectivity index (χ4v) is 1.31. The van der Waals surface area contributed by atoms with Crippen LogP contribution in [0.1, 0.15) is 18.1 Å². The molecule has 3 N–H and O–H groups in total. The normalized spacial score (nSPS) is 13.5. The van der Waals surface area contributed by atoms with Crippen LogP contribution in [0, 0.1) is 18.3 Å². The highest BCUT2D eigenvalue weighted by Crippen LogP contribution is 2.19. The van der Waals surface area contributed by atoms with Gasteiger partial charge in [-0.25, -0.2) is 4.79 Å². The van der Waals surface area contributed by atoms with E-state index in [1.807, 2.05) is 6.07 Å². The Hall–Kier alpha value is -2.06. The summed E-state index contributed by atoms with van der Waals surface area (Å²) in [7, 11) is 0. The van der Waals surface area contributed by atoms with Gasteiger partial charge in [0.15, 0.2) is 5.60 Å². The van der Waals surface area contributed by atoms with Gasteiger partial charge < -0.3 is 15.5 Å². The molecule has 1 aromatic rings. The van der Waals surface area contributed by atoms with E-state index in [2.05, 4.69) is 5.32 Å². The summed E-state index contributed by atoms with van der Waals surface area (Å²) in [6.45, 7) is 2.82. The van der Waals surface area contributed by atoms with Crippen molar-refractivity contribution in [3.8, 4) is 6.07 Å². The molecule has 1 atom stereocenters. The lowest BCUT2D eigenvalue weighted by Gasteiger charge is -2.19. The number of nitrogens with zero attached hydrogens (tertiary/aromatic N) is 1. The zero-order valence-corrected chi connectivity index (χ0v) is 9.69. The van der Waals surface area contributed by atoms with Gasteiger partial charge in [-0.15, -0.1) is 0 Å². The van der Waals surface area contributed by atoms with Gasteiger partial charge in [0.25, 0.3) is 0 Å². The van der Waals surface area contributed by atoms with Gasteiger partial charge in [-0.1, -0.05) is 12.1 Å². The van der Waals surface area contributed by atoms with Gasteiger partial charge in [-0.3, -0.25) is 0 Å². The summed E-state index contributed by atoms with van der Waals surface area (Å²) < 4.78 is 0. The van der Waals surface area contributed by atoms with Crippen LogP contribution in [0.15, 0.2) is 18.2 Å². The van der Waals surface area contributed by atoms with Crippen LogP contribution in [0.25, 0.3) is 0 Å². The van der Waals surface area contributed by atoms with Gasteiger partial charge in [-0.2, -0.15) is 5.26 Å². The molecule has 0 heterocycles. The highest BCUT2D eigenvalue weighted by molar-refractivity contribution is 5.77. The van der Waals surface area contributed by atoms with Crippen molar-refractivity contribution >= 4 is 11.7 Å². The molecule has 1 aromatic carbocycles. The average Bonchev–Trinajstić information content (AvgIpc) is 2.26. The van der Waals surface area contributed by atoms with Crippen molar-refractivity contribution in [1.29, 1.82) is 5.26 Å². The zero-order valence-electron chi connectivity index (χ0n) is 9.69. The smallest absolute Gasteiger partial charge is 0.337 e. The van der Waals surface area contributed by atoms with Crippen LogP contribution in [0.5, 0.6) is 0 Å². The zero-order chi connectivity index (χ0) is 13.1. The third-order valence-corrected chi connectivity index (χ3v) is 2.47. The first-order valence-corrected chi connectivity index (χ1v) is 5.08. The highest BCUT2D eigenvalue weighted by Gasteiger charge is 2.29. The van der Waals surface area contributed by atoms with Crippen molar-refractivity contribution in [3.63, 3.8) is 0 Å². The molecule has 0 aliphatic carbocycles. The fraction of sp³-hybridized carbons (Fsp3) is 0.333. The minimum atomic E-state index is -1.86. The SMILES string of the molecule is Cc1cccc(NCC(C)(O)C(=O)O)c1C#N. The first-order valence-electron chi connectivity index (χ1n) is 5.08. The number of nitrogens with one attached hydrogen (secondary N) is 1. The first kappa shape index (κ1) is 13.0. The number of aliphatic carboxylic acids is 1. The Morgan fingerprint density at radius 3 is 2.76 bits per heavy atom. The van der Waals surface area contributed by atoms with Crippen molar-refractivity contribution in [2.45, 2.75) is 19.4 Å². The first-order chi connectivity index (χ1) is 7.88. The highest BCUT2D eigenvalue weighted by atomic mass is 16.4. The van der Waals surface area contributed by atoms with E-state index in [0.29, 0.717) is 11.3 Å². The Labute approximate surface area is 99.3 Å². The fourth-order valence-electron chi connectivity index (χ4n) is 1.31. The number of carbonyl (C=O) groups is 1. The largest absolute Gasteiger partial charge is 0.479 e. The number of hydrogen-bond acceptors (Lipinski definition) is 4. The molecule has 0 saturated carbocycles. The monoisotopic (exact) mass is 234 g/mol. The predicted octanol–water partition coefficient (Wildman–Crippen LogP) is 1.11. The Morgan fingerprint density at radius 1 is 1.59 bits per heavy atom. The standard InChI is InChI=1S/C12H14N2O3/c1-8-4-3-5-10(9(8)6-13)14-7-12(2,17)11(15)16/h3-5,14,17H,7H2,1-2H3,(H,15,16). The van der Waals surface area contributed by atoms with Gasteiger partial charge in [0.05, 0.1) is 17.8 Å². The lowest BCUT2D eigenvalue weighted by Crippen LogP contribution is -2.41. The van der Waals surface area contributed by atoms with Crippen LogP contribution in [0.2, 0.25) is 0 Å². The number of aryl methyl sites for hydroxylation is 1. The minimum absolute atomic E-state index is 0.166. The van der Waals surface area contributed by atoms with Crippen molar-refractivity contribution in [2.75, 3.05) is 11.9 Å². The second-order valence-electron chi connectivity index (χ2n) is 4.04. The van der Waals surface area contributed by atoms with E-state index in [0.717, 1.165) is 5.56 Å². The number of nitriles is 1. The summed E-state index contributed by atoms with van der Waals surface area (Å²) in [5, 5.41) is 30.0. The van der Waals surface area contributed by atoms with Gasteiger partial charge in [-0.05, 0) is 25.5 Å². The predicted molar refractivity (Wildman–Crippen MR) is 62.6 cm³/mol. The molecule has 0 bridgehead atoms. The molecule has 0 saturated heterocycles. The molecular weight excluding hydrogens is 220 g/mol. The van der Waals surface area contributed by atoms with E-state index in [4.69, 9.17) is 10.4 Å². The Balaban J connectivity index is 2.88. The van der Waals surface area contributed by atoms with E-state index in [-0.39, 0.29) is 6.54 Å². The van der Waals surface area contributed by atoms with E-state index in [9.17, 15) is 9.90 Å². The number of hydrogen-bond donors (Lipinski definition) is 3. The lowest BCUT2D eigenvalue weighted by atomic mass is 10.1. The minimum Gasteiger partial charge on any atom is -0.479 e. The molecule has 90 valence electrons. The molecule has 0 aliphatic rings. The maximum absolute atomic E-state index is 10.7. The van der Waals surface area contributed by atoms with Gasteiger partial charge >= 0.3 is 5.97 Å². The molecule has 17 heavy (non-hydrogen) atoms. The molecule has 0 radical (unpaired) electrons. The van der Waals surface area contributed by atoms with Crippen LogP contribution in [0.4, 0.5) is 5.69 Å². The van der Waals surface area contributed by atoms with Crippen molar-refractivity contribution in [2.24, 2.45) is 0 Å². The second kappa shape index (κ2) is 4.85. The molecule has 5 heteroatoms. The van der Waals surface area contributed by atoms with E-state index < -0.39 is 11.6 Å². The molecule has 0 spiro atoms. The Morgan fingerprint density at radius 2 is 2.24 bits per heavy atom. The van der Waals surface area contributed by atoms with Gasteiger partial charge in [0.1, 0.15) is 6.07 Å². The maximum Gasteiger partial charge on any atom is 0.337 e. The molecule has 0 fully saturated rings.